The summed E-state index contributed by atoms with van der Waals surface area (Å²) >= 11 is 0. The molecule has 0 N–H and O–H groups in total. The minimum atomic E-state index is -0.469. The van der Waals surface area contributed by atoms with E-state index in [0.717, 1.165) is 0 Å². The van der Waals surface area contributed by atoms with Gasteiger partial charge in [0.1, 0.15) is 23.1 Å². The van der Waals surface area contributed by atoms with Crippen molar-refractivity contribution < 1.29 is 14.3 Å². The first-order valence-electron chi connectivity index (χ1n) is 8.26. The summed E-state index contributed by atoms with van der Waals surface area (Å²) in [6.07, 6.45) is 0.910. The fraction of sp³-hybridized carbons (Fsp3) is 0.350. The van der Waals surface area contributed by atoms with E-state index in [4.69, 9.17) is 9.47 Å². The molecule has 1 aromatic carbocycles. The van der Waals surface area contributed by atoms with Crippen molar-refractivity contribution >= 4 is 5.78 Å². The smallest absolute Gasteiger partial charge is 0.273 e. The van der Waals surface area contributed by atoms with Crippen LogP contribution in [-0.2, 0) is 6.42 Å². The molecule has 1 heterocycles. The second kappa shape index (κ2) is 6.34. The van der Waals surface area contributed by atoms with Crippen LogP contribution in [0.1, 0.15) is 41.9 Å². The van der Waals surface area contributed by atoms with Crippen LogP contribution in [0, 0.1) is 16.7 Å². The van der Waals surface area contributed by atoms with Crippen molar-refractivity contribution in [1.82, 2.24) is 4.57 Å². The molecule has 0 spiro atoms. The summed E-state index contributed by atoms with van der Waals surface area (Å²) in [6, 6.07) is 8.42. The lowest BCUT2D eigenvalue weighted by atomic mass is 9.75. The molecule has 6 heteroatoms. The molecule has 1 aliphatic carbocycles. The van der Waals surface area contributed by atoms with Crippen molar-refractivity contribution in [2.24, 2.45) is 5.41 Å². The Morgan fingerprint density at radius 1 is 1.12 bits per heavy atom. The zero-order valence-corrected chi connectivity index (χ0v) is 15.3. The van der Waals surface area contributed by atoms with Crippen molar-refractivity contribution in [1.29, 1.82) is 5.26 Å². The number of aromatic nitrogens is 1. The van der Waals surface area contributed by atoms with E-state index in [1.807, 2.05) is 19.9 Å². The summed E-state index contributed by atoms with van der Waals surface area (Å²) in [5, 5.41) is 9.38. The van der Waals surface area contributed by atoms with Gasteiger partial charge in [0.2, 0.25) is 0 Å². The summed E-state index contributed by atoms with van der Waals surface area (Å²) in [5.41, 5.74) is 0.659. The largest absolute Gasteiger partial charge is 0.497 e. The van der Waals surface area contributed by atoms with Crippen LogP contribution in [0.15, 0.2) is 29.1 Å². The Labute approximate surface area is 151 Å². The minimum Gasteiger partial charge on any atom is -0.497 e. The molecule has 6 nitrogen and oxygen atoms in total. The van der Waals surface area contributed by atoms with Crippen molar-refractivity contribution in [2.45, 2.75) is 26.7 Å². The molecule has 0 saturated heterocycles. The number of fused-ring (bicyclic) bond motifs is 1. The number of carbonyl (C=O) groups excluding carboxylic acids is 1. The first-order chi connectivity index (χ1) is 12.3. The fourth-order valence-corrected chi connectivity index (χ4v) is 3.42. The van der Waals surface area contributed by atoms with E-state index in [1.165, 1.54) is 24.9 Å². The lowest BCUT2D eigenvalue weighted by Crippen LogP contribution is -2.35. The lowest BCUT2D eigenvalue weighted by molar-refractivity contribution is 0.0908. The Morgan fingerprint density at radius 3 is 2.46 bits per heavy atom. The summed E-state index contributed by atoms with van der Waals surface area (Å²) in [4.78, 5) is 25.7. The van der Waals surface area contributed by atoms with Gasteiger partial charge in [0.05, 0.1) is 19.9 Å². The molecule has 2 aromatic rings. The van der Waals surface area contributed by atoms with Gasteiger partial charge in [-0.3, -0.25) is 14.2 Å². The molecule has 1 aliphatic rings. The molecule has 3 rings (SSSR count). The number of pyridine rings is 1. The zero-order chi connectivity index (χ0) is 19.1. The third-order valence-corrected chi connectivity index (χ3v) is 4.64. The Morgan fingerprint density at radius 2 is 1.85 bits per heavy atom. The van der Waals surface area contributed by atoms with Gasteiger partial charge >= 0.3 is 0 Å². The highest BCUT2D eigenvalue weighted by Crippen LogP contribution is 2.37. The van der Waals surface area contributed by atoms with Crippen LogP contribution in [0.5, 0.6) is 11.5 Å². The Hall–Kier alpha value is -3.07. The second-order valence-electron chi connectivity index (χ2n) is 7.15. The standard InChI is InChI=1S/C20H20N2O4/c1-20(2)9-16-14(17(23)10-20)7-12(11-21)19(24)22(16)15-8-13(25-3)5-6-18(15)26-4/h5-8H,9-10H2,1-4H3. The number of methoxy groups -OCH3 is 2. The van der Waals surface area contributed by atoms with Gasteiger partial charge in [0.15, 0.2) is 5.78 Å². The quantitative estimate of drug-likeness (QED) is 0.848. The van der Waals surface area contributed by atoms with Crippen LogP contribution >= 0.6 is 0 Å². The predicted octanol–water partition coefficient (Wildman–Crippen LogP) is 2.88. The molecule has 26 heavy (non-hydrogen) atoms. The molecule has 0 bridgehead atoms. The van der Waals surface area contributed by atoms with E-state index >= 15 is 0 Å². The number of nitrogens with zero attached hydrogens (tertiary/aromatic N) is 2. The maximum absolute atomic E-state index is 13.0. The Kier molecular flexibility index (Phi) is 4.33. The summed E-state index contributed by atoms with van der Waals surface area (Å²) in [5.74, 6) is 0.939. The van der Waals surface area contributed by atoms with E-state index in [1.54, 1.807) is 18.2 Å². The van der Waals surface area contributed by atoms with E-state index in [2.05, 4.69) is 0 Å². The van der Waals surface area contributed by atoms with Gasteiger partial charge in [-0.05, 0) is 30.0 Å². The lowest BCUT2D eigenvalue weighted by Gasteiger charge is -2.32. The van der Waals surface area contributed by atoms with Crippen LogP contribution in [0.25, 0.3) is 5.69 Å². The highest BCUT2D eigenvalue weighted by atomic mass is 16.5. The van der Waals surface area contributed by atoms with Gasteiger partial charge in [-0.15, -0.1) is 0 Å². The summed E-state index contributed by atoms with van der Waals surface area (Å²) < 4.78 is 12.1. The normalized spacial score (nSPS) is 15.1. The maximum Gasteiger partial charge on any atom is 0.273 e. The van der Waals surface area contributed by atoms with Crippen LogP contribution in [0.3, 0.4) is 0 Å². The van der Waals surface area contributed by atoms with E-state index in [0.29, 0.717) is 41.3 Å². The highest BCUT2D eigenvalue weighted by Gasteiger charge is 2.34. The van der Waals surface area contributed by atoms with Crippen molar-refractivity contribution in [2.75, 3.05) is 14.2 Å². The number of ketones is 1. The molecule has 0 radical (unpaired) electrons. The third-order valence-electron chi connectivity index (χ3n) is 4.64. The molecular weight excluding hydrogens is 332 g/mol. The molecule has 0 saturated carbocycles. The van der Waals surface area contributed by atoms with E-state index < -0.39 is 5.56 Å². The van der Waals surface area contributed by atoms with Crippen LogP contribution in [0.2, 0.25) is 0 Å². The van der Waals surface area contributed by atoms with Crippen LogP contribution < -0.4 is 15.0 Å². The molecule has 0 aliphatic heterocycles. The molecule has 0 amide bonds. The van der Waals surface area contributed by atoms with Gasteiger partial charge in [-0.2, -0.15) is 5.26 Å². The average Bonchev–Trinajstić information content (AvgIpc) is 2.60. The number of nitriles is 1. The topological polar surface area (TPSA) is 81.3 Å². The number of carbonyl (C=O) groups is 1. The van der Waals surface area contributed by atoms with E-state index in [-0.39, 0.29) is 16.8 Å². The van der Waals surface area contributed by atoms with Gasteiger partial charge < -0.3 is 9.47 Å². The number of hydrogen-bond acceptors (Lipinski definition) is 5. The van der Waals surface area contributed by atoms with Gasteiger partial charge in [0, 0.05) is 23.7 Å². The monoisotopic (exact) mass is 352 g/mol. The average molecular weight is 352 g/mol. The fourth-order valence-electron chi connectivity index (χ4n) is 3.42. The Bertz CT molecular complexity index is 996. The number of hydrogen-bond donors (Lipinski definition) is 0. The van der Waals surface area contributed by atoms with Crippen molar-refractivity contribution in [3.63, 3.8) is 0 Å². The van der Waals surface area contributed by atoms with E-state index in [9.17, 15) is 14.9 Å². The van der Waals surface area contributed by atoms with Gasteiger partial charge in [-0.1, -0.05) is 13.8 Å². The molecule has 0 atom stereocenters. The second-order valence-corrected chi connectivity index (χ2v) is 7.15. The molecular formula is C20H20N2O4. The van der Waals surface area contributed by atoms with Crippen LogP contribution in [0.4, 0.5) is 0 Å². The number of Topliss-reactive ketones (excluding diaryl/α,β-unsaturated/α-hetero) is 1. The van der Waals surface area contributed by atoms with Gasteiger partial charge in [0.25, 0.3) is 5.56 Å². The van der Waals surface area contributed by atoms with Crippen molar-refractivity contribution in [3.8, 4) is 23.3 Å². The first-order valence-corrected chi connectivity index (χ1v) is 8.26. The predicted molar refractivity (Wildman–Crippen MR) is 96.3 cm³/mol. The Balaban J connectivity index is 2.42. The van der Waals surface area contributed by atoms with Crippen LogP contribution in [-0.4, -0.2) is 24.6 Å². The number of ether oxygens (including phenoxy) is 2. The summed E-state index contributed by atoms with van der Waals surface area (Å²) in [7, 11) is 3.04. The summed E-state index contributed by atoms with van der Waals surface area (Å²) in [6.45, 7) is 3.98. The molecule has 1 aromatic heterocycles. The SMILES string of the molecule is COc1ccc(OC)c(-n2c3c(cc(C#N)c2=O)C(=O)CC(C)(C)C3)c1. The molecule has 134 valence electrons. The zero-order valence-electron chi connectivity index (χ0n) is 15.3. The minimum absolute atomic E-state index is 0.0663. The highest BCUT2D eigenvalue weighted by molar-refractivity contribution is 5.99. The number of benzene rings is 1. The molecule has 0 unspecified atom stereocenters. The molecule has 0 fully saturated rings. The van der Waals surface area contributed by atoms with Gasteiger partial charge in [-0.25, -0.2) is 0 Å². The maximum atomic E-state index is 13.0. The number of rotatable bonds is 3. The first kappa shape index (κ1) is 17.7. The van der Waals surface area contributed by atoms with Crippen molar-refractivity contribution in [3.05, 3.63) is 51.4 Å². The third kappa shape index (κ3) is 2.86.